The van der Waals surface area contributed by atoms with Gasteiger partial charge in [-0.25, -0.2) is 0 Å². The van der Waals surface area contributed by atoms with Crippen LogP contribution in [0.4, 0.5) is 0 Å². The third-order valence-electron chi connectivity index (χ3n) is 15.8. The number of carbonyl (C=O) groups excluding carboxylic acids is 1. The Morgan fingerprint density at radius 3 is 1.79 bits per heavy atom. The van der Waals surface area contributed by atoms with E-state index in [1.165, 1.54) is 180 Å². The van der Waals surface area contributed by atoms with E-state index in [4.69, 9.17) is 4.74 Å². The summed E-state index contributed by atoms with van der Waals surface area (Å²) in [5, 5.41) is 0. The summed E-state index contributed by atoms with van der Waals surface area (Å²) >= 11 is 0. The number of hydrogen-bond donors (Lipinski definition) is 0. The maximum atomic E-state index is 12.9. The highest BCUT2D eigenvalue weighted by Crippen LogP contribution is 2.67. The van der Waals surface area contributed by atoms with E-state index < -0.39 is 0 Å². The Bertz CT molecular complexity index is 1010. The summed E-state index contributed by atoms with van der Waals surface area (Å²) in [5.74, 6) is 5.34. The molecule has 4 aliphatic rings. The van der Waals surface area contributed by atoms with Gasteiger partial charge in [0.05, 0.1) is 0 Å². The van der Waals surface area contributed by atoms with Gasteiger partial charge in [-0.15, -0.1) is 0 Å². The van der Waals surface area contributed by atoms with Crippen molar-refractivity contribution in [2.24, 2.45) is 46.3 Å². The monoisotopic (exact) mass is 723 g/mol. The van der Waals surface area contributed by atoms with Crippen LogP contribution in [-0.2, 0) is 9.53 Å². The summed E-state index contributed by atoms with van der Waals surface area (Å²) in [6.07, 6.45) is 45.8. The molecule has 0 aromatic rings. The zero-order valence-electron chi connectivity index (χ0n) is 36.1. The van der Waals surface area contributed by atoms with Gasteiger partial charge in [0.1, 0.15) is 6.10 Å². The molecule has 4 aliphatic carbocycles. The highest BCUT2D eigenvalue weighted by Gasteiger charge is 2.59. The first kappa shape index (κ1) is 43.9. The minimum atomic E-state index is 0.0678. The number of fused-ring (bicyclic) bond motifs is 5. The summed E-state index contributed by atoms with van der Waals surface area (Å²) in [5.41, 5.74) is 2.54. The Hall–Kier alpha value is -0.790. The molecule has 0 saturated heterocycles. The van der Waals surface area contributed by atoms with E-state index in [0.717, 1.165) is 54.8 Å². The lowest BCUT2D eigenvalue weighted by molar-refractivity contribution is -0.151. The molecule has 0 bridgehead atoms. The van der Waals surface area contributed by atoms with E-state index in [0.29, 0.717) is 17.3 Å². The molecule has 0 radical (unpaired) electrons. The molecule has 0 aliphatic heterocycles. The predicted molar refractivity (Wildman–Crippen MR) is 226 cm³/mol. The van der Waals surface area contributed by atoms with E-state index >= 15 is 0 Å². The normalized spacial score (nSPS) is 30.4. The highest BCUT2D eigenvalue weighted by atomic mass is 16.5. The molecule has 3 fully saturated rings. The smallest absolute Gasteiger partial charge is 0.306 e. The van der Waals surface area contributed by atoms with Crippen molar-refractivity contribution in [3.05, 3.63) is 11.6 Å². The second kappa shape index (κ2) is 23.3. The summed E-state index contributed by atoms with van der Waals surface area (Å²) in [6.45, 7) is 15.0. The van der Waals surface area contributed by atoms with Gasteiger partial charge in [0.15, 0.2) is 0 Å². The molecule has 0 aromatic heterocycles. The first-order valence-corrected chi connectivity index (χ1v) is 24.1. The van der Waals surface area contributed by atoms with Crippen molar-refractivity contribution >= 4 is 5.97 Å². The first-order valence-electron chi connectivity index (χ1n) is 24.1. The maximum Gasteiger partial charge on any atom is 0.306 e. The highest BCUT2D eigenvalue weighted by molar-refractivity contribution is 5.69. The Morgan fingerprint density at radius 2 is 1.23 bits per heavy atom. The van der Waals surface area contributed by atoms with Gasteiger partial charge in [0, 0.05) is 12.8 Å². The molecule has 4 unspecified atom stereocenters. The van der Waals surface area contributed by atoms with Crippen molar-refractivity contribution in [1.82, 2.24) is 0 Å². The molecule has 8 atom stereocenters. The molecule has 0 spiro atoms. The minimum absolute atomic E-state index is 0.0678. The molecule has 302 valence electrons. The van der Waals surface area contributed by atoms with E-state index in [2.05, 4.69) is 47.6 Å². The van der Waals surface area contributed by atoms with Gasteiger partial charge < -0.3 is 4.74 Å². The molecule has 52 heavy (non-hydrogen) atoms. The molecule has 0 heterocycles. The molecular formula is C50H90O2. The second-order valence-electron chi connectivity index (χ2n) is 20.1. The van der Waals surface area contributed by atoms with Crippen molar-refractivity contribution in [3.63, 3.8) is 0 Å². The lowest BCUT2D eigenvalue weighted by Crippen LogP contribution is -2.51. The first-order chi connectivity index (χ1) is 25.2. The average molecular weight is 723 g/mol. The van der Waals surface area contributed by atoms with Crippen LogP contribution in [-0.4, -0.2) is 12.1 Å². The van der Waals surface area contributed by atoms with Crippen LogP contribution in [0, 0.1) is 46.3 Å². The third kappa shape index (κ3) is 13.2. The topological polar surface area (TPSA) is 26.3 Å². The maximum absolute atomic E-state index is 12.9. The quantitative estimate of drug-likeness (QED) is 0.0479. The number of rotatable bonds is 27. The van der Waals surface area contributed by atoms with E-state index in [1.54, 1.807) is 5.57 Å². The number of allylic oxidation sites excluding steroid dienone is 1. The zero-order valence-corrected chi connectivity index (χ0v) is 36.1. The van der Waals surface area contributed by atoms with Crippen LogP contribution in [0.3, 0.4) is 0 Å². The summed E-state index contributed by atoms with van der Waals surface area (Å²) in [4.78, 5) is 12.9. The van der Waals surface area contributed by atoms with Crippen molar-refractivity contribution < 1.29 is 9.53 Å². The standard InChI is InChI=1S/C50H90O2/c1-7-8-9-10-11-12-13-14-15-16-17-18-19-20-21-22-23-24-25-26-30-48(51)52-43-35-37-49(5)42(39-43)31-32-44-46-34-33-45(41(4)29-27-28-40(2)3)50(46,6)38-36-47(44)49/h31,40-41,43-47H,7-30,32-39H2,1-6H3/t41-,43?,44?,45-,46?,47?,49+,50-/m1/s1. The van der Waals surface area contributed by atoms with Crippen LogP contribution in [0.2, 0.25) is 0 Å². The predicted octanol–water partition coefficient (Wildman–Crippen LogP) is 16.2. The lowest BCUT2D eigenvalue weighted by Gasteiger charge is -2.58. The van der Waals surface area contributed by atoms with E-state index in [1.807, 2.05) is 0 Å². The largest absolute Gasteiger partial charge is 0.462 e. The van der Waals surface area contributed by atoms with Gasteiger partial charge in [-0.1, -0.05) is 194 Å². The van der Waals surface area contributed by atoms with Crippen LogP contribution >= 0.6 is 0 Å². The number of ether oxygens (including phenoxy) is 1. The third-order valence-corrected chi connectivity index (χ3v) is 15.8. The fraction of sp³-hybridized carbons (Fsp3) is 0.940. The van der Waals surface area contributed by atoms with Gasteiger partial charge in [-0.3, -0.25) is 4.79 Å². The molecule has 4 rings (SSSR count). The Morgan fingerprint density at radius 1 is 0.673 bits per heavy atom. The summed E-state index contributed by atoms with van der Waals surface area (Å²) in [6, 6.07) is 0. The Balaban J connectivity index is 1.02. The van der Waals surface area contributed by atoms with E-state index in [-0.39, 0.29) is 12.1 Å². The van der Waals surface area contributed by atoms with Crippen molar-refractivity contribution in [1.29, 1.82) is 0 Å². The van der Waals surface area contributed by atoms with E-state index in [9.17, 15) is 4.79 Å². The SMILES string of the molecule is CCCCCCCCCCCCCCCCCCCCCCC(=O)OC1CC[C@@]2(C)C(=CCC3C2CC[C@@]2(C)C3CC[C@@H]2[C@H](C)CCCC(C)C)C1. The van der Waals surface area contributed by atoms with Gasteiger partial charge >= 0.3 is 5.97 Å². The van der Waals surface area contributed by atoms with Gasteiger partial charge in [0.25, 0.3) is 0 Å². The minimum Gasteiger partial charge on any atom is -0.462 e. The van der Waals surface area contributed by atoms with Crippen LogP contribution < -0.4 is 0 Å². The molecule has 0 N–H and O–H groups in total. The average Bonchev–Trinajstić information content (AvgIpc) is 3.48. The van der Waals surface area contributed by atoms with Crippen LogP contribution in [0.25, 0.3) is 0 Å². The number of hydrogen-bond acceptors (Lipinski definition) is 2. The molecule has 0 aromatic carbocycles. The second-order valence-corrected chi connectivity index (χ2v) is 20.1. The summed E-state index contributed by atoms with van der Waals surface area (Å²) in [7, 11) is 0. The fourth-order valence-corrected chi connectivity index (χ4v) is 12.5. The van der Waals surface area contributed by atoms with Crippen molar-refractivity contribution in [2.45, 2.75) is 253 Å². The van der Waals surface area contributed by atoms with Gasteiger partial charge in [-0.2, -0.15) is 0 Å². The van der Waals surface area contributed by atoms with Crippen LogP contribution in [0.1, 0.15) is 247 Å². The molecule has 0 amide bonds. The molecular weight excluding hydrogens is 633 g/mol. The number of unbranched alkanes of at least 4 members (excludes halogenated alkanes) is 19. The fourth-order valence-electron chi connectivity index (χ4n) is 12.5. The number of esters is 1. The molecule has 2 heteroatoms. The zero-order chi connectivity index (χ0) is 37.2. The van der Waals surface area contributed by atoms with Crippen LogP contribution in [0.15, 0.2) is 11.6 Å². The summed E-state index contributed by atoms with van der Waals surface area (Å²) < 4.78 is 6.15. The lowest BCUT2D eigenvalue weighted by atomic mass is 9.47. The van der Waals surface area contributed by atoms with Crippen molar-refractivity contribution in [3.8, 4) is 0 Å². The number of carbonyl (C=O) groups is 1. The van der Waals surface area contributed by atoms with Gasteiger partial charge in [-0.05, 0) is 97.7 Å². The van der Waals surface area contributed by atoms with Gasteiger partial charge in [0.2, 0.25) is 0 Å². The van der Waals surface area contributed by atoms with Crippen molar-refractivity contribution in [2.75, 3.05) is 0 Å². The molecule has 2 nitrogen and oxygen atoms in total. The Kier molecular flexibility index (Phi) is 19.7. The Labute approximate surface area is 325 Å². The van der Waals surface area contributed by atoms with Crippen LogP contribution in [0.5, 0.6) is 0 Å². The molecule has 3 saturated carbocycles.